The highest BCUT2D eigenvalue weighted by Crippen LogP contribution is 2.30. The molecule has 4 nitrogen and oxygen atoms in total. The second-order valence-electron chi connectivity index (χ2n) is 6.47. The lowest BCUT2D eigenvalue weighted by molar-refractivity contribution is 0.102. The SMILES string of the molecule is Cc1cccc(NC(=O)c2cn3c4c(cccc4c2=O)C[C@@H]3C)c1. The molecule has 1 aliphatic rings. The predicted molar refractivity (Wildman–Crippen MR) is 95.8 cm³/mol. The van der Waals surface area contributed by atoms with Crippen molar-refractivity contribution in [3.8, 4) is 0 Å². The first-order valence-electron chi connectivity index (χ1n) is 8.09. The monoisotopic (exact) mass is 318 g/mol. The van der Waals surface area contributed by atoms with Gasteiger partial charge in [-0.15, -0.1) is 0 Å². The predicted octanol–water partition coefficient (Wildman–Crippen LogP) is 3.68. The molecule has 1 aromatic heterocycles. The third kappa shape index (κ3) is 2.22. The van der Waals surface area contributed by atoms with Crippen molar-refractivity contribution in [2.75, 3.05) is 5.32 Å². The number of aromatic nitrogens is 1. The van der Waals surface area contributed by atoms with Gasteiger partial charge in [-0.05, 0) is 49.6 Å². The molecule has 0 aliphatic carbocycles. The number of rotatable bonds is 2. The second kappa shape index (κ2) is 5.34. The van der Waals surface area contributed by atoms with E-state index in [4.69, 9.17) is 0 Å². The minimum absolute atomic E-state index is 0.190. The maximum Gasteiger partial charge on any atom is 0.261 e. The molecule has 4 rings (SSSR count). The van der Waals surface area contributed by atoms with Crippen molar-refractivity contribution in [2.45, 2.75) is 26.3 Å². The van der Waals surface area contributed by atoms with Gasteiger partial charge in [0.05, 0.1) is 5.52 Å². The topological polar surface area (TPSA) is 51.1 Å². The van der Waals surface area contributed by atoms with Gasteiger partial charge in [0.1, 0.15) is 5.56 Å². The molecule has 1 atom stereocenters. The summed E-state index contributed by atoms with van der Waals surface area (Å²) in [5, 5.41) is 3.45. The zero-order chi connectivity index (χ0) is 16.8. The van der Waals surface area contributed by atoms with E-state index >= 15 is 0 Å². The van der Waals surface area contributed by atoms with Crippen molar-refractivity contribution < 1.29 is 4.79 Å². The number of amides is 1. The average molecular weight is 318 g/mol. The number of carbonyl (C=O) groups excluding carboxylic acids is 1. The fourth-order valence-corrected chi connectivity index (χ4v) is 3.50. The Hall–Kier alpha value is -2.88. The summed E-state index contributed by atoms with van der Waals surface area (Å²) in [6, 6.07) is 13.5. The summed E-state index contributed by atoms with van der Waals surface area (Å²) in [7, 11) is 0. The first-order chi connectivity index (χ1) is 11.5. The van der Waals surface area contributed by atoms with Crippen molar-refractivity contribution >= 4 is 22.5 Å². The Morgan fingerprint density at radius 2 is 2.00 bits per heavy atom. The van der Waals surface area contributed by atoms with Crippen molar-refractivity contribution in [3.63, 3.8) is 0 Å². The molecular formula is C20H18N2O2. The number of benzene rings is 2. The van der Waals surface area contributed by atoms with Gasteiger partial charge in [0.15, 0.2) is 0 Å². The Kier molecular flexibility index (Phi) is 3.27. The molecule has 0 bridgehead atoms. The summed E-state index contributed by atoms with van der Waals surface area (Å²) in [6.45, 7) is 4.07. The first kappa shape index (κ1) is 14.7. The number of hydrogen-bond donors (Lipinski definition) is 1. The van der Waals surface area contributed by atoms with Crippen LogP contribution in [-0.4, -0.2) is 10.5 Å². The fraction of sp³-hybridized carbons (Fsp3) is 0.200. The van der Waals surface area contributed by atoms with E-state index in [-0.39, 0.29) is 22.9 Å². The van der Waals surface area contributed by atoms with E-state index in [0.29, 0.717) is 11.1 Å². The summed E-state index contributed by atoms with van der Waals surface area (Å²) in [4.78, 5) is 25.4. The highest BCUT2D eigenvalue weighted by Gasteiger charge is 2.24. The third-order valence-corrected chi connectivity index (χ3v) is 4.65. The molecule has 0 saturated carbocycles. The molecule has 4 heteroatoms. The van der Waals surface area contributed by atoms with Crippen LogP contribution in [0.15, 0.2) is 53.5 Å². The largest absolute Gasteiger partial charge is 0.343 e. The summed E-state index contributed by atoms with van der Waals surface area (Å²) in [5.41, 5.74) is 3.87. The molecule has 3 aromatic rings. The van der Waals surface area contributed by atoms with Crippen LogP contribution in [-0.2, 0) is 6.42 Å². The first-order valence-corrected chi connectivity index (χ1v) is 8.09. The number of aryl methyl sites for hydroxylation is 1. The number of anilines is 1. The molecule has 1 N–H and O–H groups in total. The molecule has 24 heavy (non-hydrogen) atoms. The standard InChI is InChI=1S/C20H18N2O2/c1-12-5-3-7-15(9-12)21-20(24)17-11-22-13(2)10-14-6-4-8-16(18(14)22)19(17)23/h3-9,11,13H,10H2,1-2H3,(H,21,24)/t13-/m0/s1. The minimum Gasteiger partial charge on any atom is -0.343 e. The molecule has 2 aromatic carbocycles. The highest BCUT2D eigenvalue weighted by molar-refractivity contribution is 6.06. The van der Waals surface area contributed by atoms with Gasteiger partial charge in [0.2, 0.25) is 5.43 Å². The molecular weight excluding hydrogens is 300 g/mol. The number of nitrogens with one attached hydrogen (secondary N) is 1. The average Bonchev–Trinajstić information content (AvgIpc) is 2.87. The van der Waals surface area contributed by atoms with E-state index < -0.39 is 0 Å². The van der Waals surface area contributed by atoms with Gasteiger partial charge in [0.25, 0.3) is 5.91 Å². The molecule has 0 saturated heterocycles. The van der Waals surface area contributed by atoms with E-state index in [9.17, 15) is 9.59 Å². The van der Waals surface area contributed by atoms with Crippen LogP contribution in [0.2, 0.25) is 0 Å². The van der Waals surface area contributed by atoms with Crippen LogP contribution in [0.1, 0.15) is 34.5 Å². The van der Waals surface area contributed by atoms with E-state index in [0.717, 1.165) is 17.5 Å². The van der Waals surface area contributed by atoms with Gasteiger partial charge in [-0.3, -0.25) is 9.59 Å². The molecule has 0 unspecified atom stereocenters. The summed E-state index contributed by atoms with van der Waals surface area (Å²) in [5.74, 6) is -0.360. The summed E-state index contributed by atoms with van der Waals surface area (Å²) >= 11 is 0. The van der Waals surface area contributed by atoms with E-state index in [1.165, 1.54) is 5.56 Å². The van der Waals surface area contributed by atoms with Crippen LogP contribution in [0.3, 0.4) is 0 Å². The maximum absolute atomic E-state index is 12.8. The number of nitrogens with zero attached hydrogens (tertiary/aromatic N) is 1. The Morgan fingerprint density at radius 3 is 2.79 bits per heavy atom. The Balaban J connectivity index is 1.82. The van der Waals surface area contributed by atoms with E-state index in [1.54, 1.807) is 12.3 Å². The number of hydrogen-bond acceptors (Lipinski definition) is 2. The normalized spacial score (nSPS) is 15.7. The molecule has 0 radical (unpaired) electrons. The highest BCUT2D eigenvalue weighted by atomic mass is 16.2. The number of para-hydroxylation sites is 1. The molecule has 1 aliphatic heterocycles. The summed E-state index contributed by atoms with van der Waals surface area (Å²) < 4.78 is 2.05. The number of carbonyl (C=O) groups is 1. The van der Waals surface area contributed by atoms with Crippen LogP contribution in [0.25, 0.3) is 10.9 Å². The van der Waals surface area contributed by atoms with Crippen molar-refractivity contribution in [2.24, 2.45) is 0 Å². The molecule has 0 fully saturated rings. The molecule has 2 heterocycles. The quantitative estimate of drug-likeness (QED) is 0.783. The lowest BCUT2D eigenvalue weighted by atomic mass is 10.1. The Morgan fingerprint density at radius 1 is 1.21 bits per heavy atom. The number of pyridine rings is 1. The Bertz CT molecular complexity index is 1030. The van der Waals surface area contributed by atoms with E-state index in [1.807, 2.05) is 43.3 Å². The van der Waals surface area contributed by atoms with E-state index in [2.05, 4.69) is 16.8 Å². The maximum atomic E-state index is 12.8. The summed E-state index contributed by atoms with van der Waals surface area (Å²) in [6.07, 6.45) is 2.59. The van der Waals surface area contributed by atoms with Crippen molar-refractivity contribution in [3.05, 3.63) is 75.6 Å². The molecule has 120 valence electrons. The molecule has 1 amide bonds. The third-order valence-electron chi connectivity index (χ3n) is 4.65. The van der Waals surface area contributed by atoms with Crippen LogP contribution in [0.5, 0.6) is 0 Å². The lowest BCUT2D eigenvalue weighted by Gasteiger charge is -2.13. The lowest BCUT2D eigenvalue weighted by Crippen LogP contribution is -2.23. The van der Waals surface area contributed by atoms with Gasteiger partial charge in [-0.25, -0.2) is 0 Å². The van der Waals surface area contributed by atoms with Gasteiger partial charge < -0.3 is 9.88 Å². The van der Waals surface area contributed by atoms with Gasteiger partial charge in [0, 0.05) is 23.3 Å². The van der Waals surface area contributed by atoms with Crippen LogP contribution in [0.4, 0.5) is 5.69 Å². The van der Waals surface area contributed by atoms with Gasteiger partial charge >= 0.3 is 0 Å². The van der Waals surface area contributed by atoms with Crippen LogP contribution < -0.4 is 10.7 Å². The van der Waals surface area contributed by atoms with Crippen LogP contribution >= 0.6 is 0 Å². The molecule has 0 spiro atoms. The minimum atomic E-state index is -0.360. The Labute approximate surface area is 139 Å². The zero-order valence-electron chi connectivity index (χ0n) is 13.7. The smallest absolute Gasteiger partial charge is 0.261 e. The van der Waals surface area contributed by atoms with Gasteiger partial charge in [-0.2, -0.15) is 0 Å². The van der Waals surface area contributed by atoms with Crippen molar-refractivity contribution in [1.29, 1.82) is 0 Å². The van der Waals surface area contributed by atoms with Crippen molar-refractivity contribution in [1.82, 2.24) is 4.57 Å². The van der Waals surface area contributed by atoms with Gasteiger partial charge in [-0.1, -0.05) is 24.3 Å². The second-order valence-corrected chi connectivity index (χ2v) is 6.47. The zero-order valence-corrected chi connectivity index (χ0v) is 13.7. The fourth-order valence-electron chi connectivity index (χ4n) is 3.50. The van der Waals surface area contributed by atoms with Crippen LogP contribution in [0, 0.1) is 6.92 Å².